The molecule has 102 valence electrons. The van der Waals surface area contributed by atoms with Crippen LogP contribution in [0.1, 0.15) is 32.6 Å². The molecule has 1 unspecified atom stereocenters. The smallest absolute Gasteiger partial charge is 0.228 e. The molecule has 1 aromatic carbocycles. The first-order chi connectivity index (χ1) is 9.01. The minimum atomic E-state index is -0.209. The lowest BCUT2D eigenvalue weighted by atomic mass is 10.1. The number of hydrogen-bond acceptors (Lipinski definition) is 4. The molecule has 0 saturated carbocycles. The summed E-state index contributed by atoms with van der Waals surface area (Å²) in [7, 11) is 0. The molecular formula is C14H19N3O2. The van der Waals surface area contributed by atoms with Gasteiger partial charge in [-0.2, -0.15) is 0 Å². The molecule has 0 spiro atoms. The molecule has 1 amide bonds. The van der Waals surface area contributed by atoms with E-state index in [0.717, 1.165) is 11.1 Å². The summed E-state index contributed by atoms with van der Waals surface area (Å²) in [6, 6.07) is 5.43. The van der Waals surface area contributed by atoms with E-state index in [4.69, 9.17) is 10.2 Å². The van der Waals surface area contributed by atoms with Crippen molar-refractivity contribution in [3.8, 4) is 0 Å². The van der Waals surface area contributed by atoms with Crippen molar-refractivity contribution in [1.29, 1.82) is 0 Å². The van der Waals surface area contributed by atoms with Gasteiger partial charge in [0.15, 0.2) is 11.5 Å². The first kappa shape index (κ1) is 13.5. The second kappa shape index (κ2) is 5.40. The van der Waals surface area contributed by atoms with E-state index in [1.54, 1.807) is 13.0 Å². The van der Waals surface area contributed by atoms with Gasteiger partial charge in [-0.05, 0) is 18.2 Å². The molecule has 1 atom stereocenters. The van der Waals surface area contributed by atoms with Crippen LogP contribution in [0.15, 0.2) is 22.6 Å². The minimum absolute atomic E-state index is 0.0885. The van der Waals surface area contributed by atoms with E-state index in [-0.39, 0.29) is 17.7 Å². The van der Waals surface area contributed by atoms with E-state index in [2.05, 4.69) is 10.3 Å². The average molecular weight is 261 g/mol. The number of amides is 1. The van der Waals surface area contributed by atoms with Crippen molar-refractivity contribution in [2.24, 2.45) is 11.7 Å². The Hall–Kier alpha value is -1.88. The molecule has 1 heterocycles. The van der Waals surface area contributed by atoms with Gasteiger partial charge in [-0.1, -0.05) is 20.8 Å². The number of fused-ring (bicyclic) bond motifs is 1. The first-order valence-corrected chi connectivity index (χ1v) is 6.42. The number of oxazole rings is 1. The molecule has 1 aromatic heterocycles. The van der Waals surface area contributed by atoms with E-state index in [1.165, 1.54) is 0 Å². The third-order valence-corrected chi connectivity index (χ3v) is 2.97. The van der Waals surface area contributed by atoms with E-state index < -0.39 is 0 Å². The molecule has 0 saturated heterocycles. The Labute approximate surface area is 112 Å². The van der Waals surface area contributed by atoms with E-state index in [1.807, 2.05) is 26.0 Å². The summed E-state index contributed by atoms with van der Waals surface area (Å²) in [5.74, 6) is 0.644. The molecule has 0 aliphatic heterocycles. The second-order valence-electron chi connectivity index (χ2n) is 5.02. The van der Waals surface area contributed by atoms with Gasteiger partial charge >= 0.3 is 0 Å². The maximum absolute atomic E-state index is 11.8. The number of benzene rings is 1. The number of rotatable bonds is 4. The number of carbonyl (C=O) groups is 1. The number of nitrogens with two attached hydrogens (primary N) is 1. The summed E-state index contributed by atoms with van der Waals surface area (Å²) in [4.78, 5) is 16.2. The zero-order chi connectivity index (χ0) is 14.0. The monoisotopic (exact) mass is 261 g/mol. The molecule has 0 fully saturated rings. The Bertz CT molecular complexity index is 589. The van der Waals surface area contributed by atoms with Gasteiger partial charge in [-0.15, -0.1) is 0 Å². The van der Waals surface area contributed by atoms with Crippen LogP contribution >= 0.6 is 0 Å². The summed E-state index contributed by atoms with van der Waals surface area (Å²) in [5, 5.41) is 2.82. The molecular weight excluding hydrogens is 242 g/mol. The molecule has 19 heavy (non-hydrogen) atoms. The van der Waals surface area contributed by atoms with Crippen LogP contribution in [0.2, 0.25) is 0 Å². The highest BCUT2D eigenvalue weighted by molar-refractivity contribution is 5.94. The van der Waals surface area contributed by atoms with Crippen LogP contribution in [0.3, 0.4) is 0 Å². The fourth-order valence-electron chi connectivity index (χ4n) is 1.64. The molecule has 0 aliphatic rings. The average Bonchev–Trinajstić information content (AvgIpc) is 2.81. The van der Waals surface area contributed by atoms with Gasteiger partial charge in [0.05, 0.1) is 0 Å². The summed E-state index contributed by atoms with van der Waals surface area (Å²) >= 11 is 0. The lowest BCUT2D eigenvalue weighted by Gasteiger charge is -2.09. The molecule has 2 rings (SSSR count). The summed E-state index contributed by atoms with van der Waals surface area (Å²) < 4.78 is 5.61. The maximum Gasteiger partial charge on any atom is 0.228 e. The van der Waals surface area contributed by atoms with Crippen molar-refractivity contribution in [1.82, 2.24) is 4.98 Å². The van der Waals surface area contributed by atoms with Crippen LogP contribution in [0.4, 0.5) is 5.69 Å². The quantitative estimate of drug-likeness (QED) is 0.886. The lowest BCUT2D eigenvalue weighted by Crippen LogP contribution is -2.26. The molecule has 0 aliphatic carbocycles. The van der Waals surface area contributed by atoms with Crippen LogP contribution in [0.5, 0.6) is 0 Å². The molecule has 5 heteroatoms. The molecule has 5 nitrogen and oxygen atoms in total. The number of anilines is 1. The lowest BCUT2D eigenvalue weighted by molar-refractivity contribution is -0.119. The van der Waals surface area contributed by atoms with Gasteiger partial charge in [-0.25, -0.2) is 4.98 Å². The van der Waals surface area contributed by atoms with Gasteiger partial charge in [0.25, 0.3) is 0 Å². The van der Waals surface area contributed by atoms with Gasteiger partial charge < -0.3 is 15.5 Å². The number of nitrogens with one attached hydrogen (secondary N) is 1. The highest BCUT2D eigenvalue weighted by Gasteiger charge is 2.13. The first-order valence-electron chi connectivity index (χ1n) is 6.42. The van der Waals surface area contributed by atoms with Gasteiger partial charge in [-0.3, -0.25) is 4.79 Å². The third kappa shape index (κ3) is 2.93. The molecule has 3 N–H and O–H groups in total. The highest BCUT2D eigenvalue weighted by atomic mass is 16.3. The summed E-state index contributed by atoms with van der Waals surface area (Å²) in [5.41, 5.74) is 7.66. The van der Waals surface area contributed by atoms with Crippen molar-refractivity contribution in [3.05, 3.63) is 24.1 Å². The van der Waals surface area contributed by atoms with Crippen LogP contribution in [0.25, 0.3) is 11.1 Å². The number of carbonyl (C=O) groups excluding carboxylic acids is 1. The Morgan fingerprint density at radius 3 is 2.79 bits per heavy atom. The van der Waals surface area contributed by atoms with Gasteiger partial charge in [0.1, 0.15) is 5.52 Å². The zero-order valence-corrected chi connectivity index (χ0v) is 11.4. The SMILES string of the molecule is CC(CN)C(=O)Nc1ccc2oc(C(C)C)nc2c1. The predicted octanol–water partition coefficient (Wildman–Crippen LogP) is 2.48. The third-order valence-electron chi connectivity index (χ3n) is 2.97. The number of nitrogens with zero attached hydrogens (tertiary/aromatic N) is 1. The maximum atomic E-state index is 11.8. The van der Waals surface area contributed by atoms with Crippen LogP contribution in [-0.4, -0.2) is 17.4 Å². The molecule has 0 bridgehead atoms. The van der Waals surface area contributed by atoms with Crippen molar-refractivity contribution < 1.29 is 9.21 Å². The van der Waals surface area contributed by atoms with E-state index >= 15 is 0 Å². The largest absolute Gasteiger partial charge is 0.440 e. The van der Waals surface area contributed by atoms with Gasteiger partial charge in [0, 0.05) is 24.1 Å². The van der Waals surface area contributed by atoms with Crippen molar-refractivity contribution in [2.45, 2.75) is 26.7 Å². The standard InChI is InChI=1S/C14H19N3O2/c1-8(2)14-17-11-6-10(4-5-12(11)19-14)16-13(18)9(3)7-15/h4-6,8-9H,7,15H2,1-3H3,(H,16,18). The highest BCUT2D eigenvalue weighted by Crippen LogP contribution is 2.23. The zero-order valence-electron chi connectivity index (χ0n) is 11.4. The molecule has 0 radical (unpaired) electrons. The predicted molar refractivity (Wildman–Crippen MR) is 74.9 cm³/mol. The Kier molecular flexibility index (Phi) is 3.85. The Morgan fingerprint density at radius 1 is 1.42 bits per heavy atom. The summed E-state index contributed by atoms with van der Waals surface area (Å²) in [6.07, 6.45) is 0. The van der Waals surface area contributed by atoms with Crippen LogP contribution < -0.4 is 11.1 Å². The van der Waals surface area contributed by atoms with Crippen molar-refractivity contribution in [3.63, 3.8) is 0 Å². The fourth-order valence-corrected chi connectivity index (χ4v) is 1.64. The normalized spacial score (nSPS) is 12.9. The Balaban J connectivity index is 2.24. The minimum Gasteiger partial charge on any atom is -0.440 e. The molecule has 2 aromatic rings. The second-order valence-corrected chi connectivity index (χ2v) is 5.02. The van der Waals surface area contributed by atoms with Crippen LogP contribution in [-0.2, 0) is 4.79 Å². The Morgan fingerprint density at radius 2 is 2.16 bits per heavy atom. The van der Waals surface area contributed by atoms with Gasteiger partial charge in [0.2, 0.25) is 5.91 Å². The van der Waals surface area contributed by atoms with E-state index in [9.17, 15) is 4.79 Å². The summed E-state index contributed by atoms with van der Waals surface area (Å²) in [6.45, 7) is 6.17. The van der Waals surface area contributed by atoms with E-state index in [0.29, 0.717) is 18.1 Å². The van der Waals surface area contributed by atoms with Crippen LogP contribution in [0, 0.1) is 5.92 Å². The number of hydrogen-bond donors (Lipinski definition) is 2. The van der Waals surface area contributed by atoms with Crippen molar-refractivity contribution >= 4 is 22.7 Å². The fraction of sp³-hybridized carbons (Fsp3) is 0.429. The van der Waals surface area contributed by atoms with Crippen molar-refractivity contribution in [2.75, 3.05) is 11.9 Å². The topological polar surface area (TPSA) is 81.2 Å². The number of aromatic nitrogens is 1.